The second-order valence-corrected chi connectivity index (χ2v) is 6.82. The molecular formula is C17H24N2O3S. The molecule has 1 aromatic rings. The first kappa shape index (κ1) is 17.7. The highest BCUT2D eigenvalue weighted by molar-refractivity contribution is 8.00. The smallest absolute Gasteiger partial charge is 0.234 e. The molecular weight excluding hydrogens is 312 g/mol. The third-order valence-corrected chi connectivity index (χ3v) is 4.89. The van der Waals surface area contributed by atoms with Crippen molar-refractivity contribution in [1.82, 2.24) is 4.90 Å². The topological polar surface area (TPSA) is 58.6 Å². The van der Waals surface area contributed by atoms with Gasteiger partial charge in [-0.25, -0.2) is 0 Å². The molecule has 2 amide bonds. The first-order chi connectivity index (χ1) is 11.1. The first-order valence-electron chi connectivity index (χ1n) is 7.88. The number of likely N-dealkylation sites (tertiary alicyclic amines) is 1. The van der Waals surface area contributed by atoms with Crippen molar-refractivity contribution in [3.8, 4) is 5.75 Å². The van der Waals surface area contributed by atoms with Gasteiger partial charge >= 0.3 is 0 Å². The fourth-order valence-electron chi connectivity index (χ4n) is 2.45. The van der Waals surface area contributed by atoms with E-state index in [2.05, 4.69) is 12.2 Å². The Kier molecular flexibility index (Phi) is 6.77. The van der Waals surface area contributed by atoms with Gasteiger partial charge in [-0.15, -0.1) is 11.8 Å². The monoisotopic (exact) mass is 336 g/mol. The van der Waals surface area contributed by atoms with Crippen LogP contribution in [0.3, 0.4) is 0 Å². The lowest BCUT2D eigenvalue weighted by Crippen LogP contribution is -2.39. The fourth-order valence-corrected chi connectivity index (χ4v) is 3.17. The average Bonchev–Trinajstić information content (AvgIpc) is 2.56. The Bertz CT molecular complexity index is 525. The van der Waals surface area contributed by atoms with Crippen LogP contribution in [0.2, 0.25) is 0 Å². The number of amides is 2. The minimum absolute atomic E-state index is 0.0970. The predicted octanol–water partition coefficient (Wildman–Crippen LogP) is 2.63. The molecule has 1 aliphatic heterocycles. The summed E-state index contributed by atoms with van der Waals surface area (Å²) >= 11 is 1.36. The van der Waals surface area contributed by atoms with Crippen LogP contribution in [0.1, 0.15) is 19.8 Å². The second kappa shape index (κ2) is 8.82. The molecule has 0 aromatic heterocycles. The van der Waals surface area contributed by atoms with E-state index >= 15 is 0 Å². The number of anilines is 1. The van der Waals surface area contributed by atoms with E-state index in [1.54, 1.807) is 31.4 Å². The third kappa shape index (κ3) is 5.78. The van der Waals surface area contributed by atoms with Crippen molar-refractivity contribution in [2.75, 3.05) is 37.0 Å². The molecule has 126 valence electrons. The number of hydrogen-bond acceptors (Lipinski definition) is 4. The number of benzene rings is 1. The van der Waals surface area contributed by atoms with Crippen LogP contribution in [0.15, 0.2) is 24.3 Å². The highest BCUT2D eigenvalue weighted by Crippen LogP contribution is 2.18. The number of nitrogens with zero attached hydrogens (tertiary/aromatic N) is 1. The summed E-state index contributed by atoms with van der Waals surface area (Å²) in [5.41, 5.74) is 0.729. The quantitative estimate of drug-likeness (QED) is 0.867. The molecule has 0 saturated carbocycles. The number of nitrogens with one attached hydrogen (secondary N) is 1. The van der Waals surface area contributed by atoms with Crippen LogP contribution in [0, 0.1) is 5.92 Å². The summed E-state index contributed by atoms with van der Waals surface area (Å²) in [7, 11) is 1.60. The average molecular weight is 336 g/mol. The Morgan fingerprint density at radius 1 is 1.22 bits per heavy atom. The zero-order valence-electron chi connectivity index (χ0n) is 13.7. The van der Waals surface area contributed by atoms with Gasteiger partial charge in [0.15, 0.2) is 0 Å². The number of thioether (sulfide) groups is 1. The minimum atomic E-state index is -0.0970. The van der Waals surface area contributed by atoms with Gasteiger partial charge in [0, 0.05) is 18.8 Å². The molecule has 0 bridgehead atoms. The Morgan fingerprint density at radius 2 is 1.87 bits per heavy atom. The molecule has 1 aromatic carbocycles. The lowest BCUT2D eigenvalue weighted by atomic mass is 9.99. The minimum Gasteiger partial charge on any atom is -0.497 e. The maximum absolute atomic E-state index is 12.1. The van der Waals surface area contributed by atoms with E-state index in [0.717, 1.165) is 37.4 Å². The summed E-state index contributed by atoms with van der Waals surface area (Å²) in [6.07, 6.45) is 2.16. The first-order valence-corrected chi connectivity index (χ1v) is 9.03. The summed E-state index contributed by atoms with van der Waals surface area (Å²) in [5.74, 6) is 2.15. The van der Waals surface area contributed by atoms with Crippen molar-refractivity contribution in [2.24, 2.45) is 5.92 Å². The maximum Gasteiger partial charge on any atom is 0.234 e. The van der Waals surface area contributed by atoms with Gasteiger partial charge < -0.3 is 15.0 Å². The van der Waals surface area contributed by atoms with Gasteiger partial charge in [0.05, 0.1) is 18.6 Å². The Balaban J connectivity index is 1.66. The summed E-state index contributed by atoms with van der Waals surface area (Å²) in [6, 6.07) is 7.18. The van der Waals surface area contributed by atoms with E-state index < -0.39 is 0 Å². The molecule has 1 fully saturated rings. The standard InChI is InChI=1S/C17H24N2O3S/c1-13-7-9-19(10-8-13)17(21)12-23-11-16(20)18-14-3-5-15(22-2)6-4-14/h3-6,13H,7-12H2,1-2H3,(H,18,20). The van der Waals surface area contributed by atoms with Crippen LogP contribution in [0.4, 0.5) is 5.69 Å². The van der Waals surface area contributed by atoms with Crippen molar-refractivity contribution in [1.29, 1.82) is 0 Å². The van der Waals surface area contributed by atoms with Crippen molar-refractivity contribution in [3.63, 3.8) is 0 Å². The number of rotatable bonds is 6. The summed E-state index contributed by atoms with van der Waals surface area (Å²) in [6.45, 7) is 3.91. The number of methoxy groups -OCH3 is 1. The predicted molar refractivity (Wildman–Crippen MR) is 93.9 cm³/mol. The van der Waals surface area contributed by atoms with Crippen LogP contribution in [-0.2, 0) is 9.59 Å². The van der Waals surface area contributed by atoms with Crippen molar-refractivity contribution in [3.05, 3.63) is 24.3 Å². The highest BCUT2D eigenvalue weighted by atomic mass is 32.2. The molecule has 0 atom stereocenters. The summed E-state index contributed by atoms with van der Waals surface area (Å²) in [4.78, 5) is 25.9. The van der Waals surface area contributed by atoms with E-state index in [0.29, 0.717) is 11.7 Å². The molecule has 5 nitrogen and oxygen atoms in total. The van der Waals surface area contributed by atoms with Gasteiger partial charge in [-0.05, 0) is 43.0 Å². The molecule has 6 heteroatoms. The van der Waals surface area contributed by atoms with Gasteiger partial charge in [0.25, 0.3) is 0 Å². The fraction of sp³-hybridized carbons (Fsp3) is 0.529. The molecule has 0 radical (unpaired) electrons. The molecule has 1 saturated heterocycles. The van der Waals surface area contributed by atoms with Gasteiger partial charge in [0.1, 0.15) is 5.75 Å². The SMILES string of the molecule is COc1ccc(NC(=O)CSCC(=O)N2CCC(C)CC2)cc1. The van der Waals surface area contributed by atoms with Crippen molar-refractivity contribution >= 4 is 29.3 Å². The Morgan fingerprint density at radius 3 is 2.48 bits per heavy atom. The van der Waals surface area contributed by atoms with Gasteiger partial charge in [0.2, 0.25) is 11.8 Å². The number of hydrogen-bond donors (Lipinski definition) is 1. The van der Waals surface area contributed by atoms with Crippen LogP contribution < -0.4 is 10.1 Å². The largest absolute Gasteiger partial charge is 0.497 e. The van der Waals surface area contributed by atoms with Crippen LogP contribution in [0.25, 0.3) is 0 Å². The van der Waals surface area contributed by atoms with E-state index in [4.69, 9.17) is 4.74 Å². The highest BCUT2D eigenvalue weighted by Gasteiger charge is 2.20. The molecule has 1 N–H and O–H groups in total. The number of ether oxygens (including phenoxy) is 1. The normalized spacial score (nSPS) is 15.3. The summed E-state index contributed by atoms with van der Waals surface area (Å²) in [5, 5.41) is 2.81. The van der Waals surface area contributed by atoms with E-state index in [9.17, 15) is 9.59 Å². The third-order valence-electron chi connectivity index (χ3n) is 3.97. The number of carbonyl (C=O) groups is 2. The lowest BCUT2D eigenvalue weighted by molar-refractivity contribution is -0.129. The molecule has 0 spiro atoms. The van der Waals surface area contributed by atoms with Crippen molar-refractivity contribution < 1.29 is 14.3 Å². The number of carbonyl (C=O) groups excluding carboxylic acids is 2. The zero-order chi connectivity index (χ0) is 16.7. The Hall–Kier alpha value is -1.69. The van der Waals surface area contributed by atoms with Crippen molar-refractivity contribution in [2.45, 2.75) is 19.8 Å². The lowest BCUT2D eigenvalue weighted by Gasteiger charge is -2.30. The van der Waals surface area contributed by atoms with Crippen LogP contribution in [0.5, 0.6) is 5.75 Å². The molecule has 23 heavy (non-hydrogen) atoms. The molecule has 0 unspecified atom stereocenters. The molecule has 1 heterocycles. The summed E-state index contributed by atoms with van der Waals surface area (Å²) < 4.78 is 5.07. The molecule has 0 aliphatic carbocycles. The van der Waals surface area contributed by atoms with E-state index in [-0.39, 0.29) is 17.6 Å². The maximum atomic E-state index is 12.1. The van der Waals surface area contributed by atoms with Gasteiger partial charge in [-0.1, -0.05) is 6.92 Å². The van der Waals surface area contributed by atoms with Gasteiger partial charge in [-0.2, -0.15) is 0 Å². The number of piperidine rings is 1. The Labute approximate surface area is 141 Å². The van der Waals surface area contributed by atoms with E-state index in [1.807, 2.05) is 4.90 Å². The van der Waals surface area contributed by atoms with E-state index in [1.165, 1.54) is 11.8 Å². The van der Waals surface area contributed by atoms with Crippen LogP contribution >= 0.6 is 11.8 Å². The second-order valence-electron chi connectivity index (χ2n) is 5.83. The molecule has 2 rings (SSSR count). The zero-order valence-corrected chi connectivity index (χ0v) is 14.5. The molecule has 1 aliphatic rings. The van der Waals surface area contributed by atoms with Gasteiger partial charge in [-0.3, -0.25) is 9.59 Å². The van der Waals surface area contributed by atoms with Crippen LogP contribution in [-0.4, -0.2) is 48.4 Å².